The first-order valence-corrected chi connectivity index (χ1v) is 7.98. The van der Waals surface area contributed by atoms with Gasteiger partial charge in [0.05, 0.1) is 12.0 Å². The summed E-state index contributed by atoms with van der Waals surface area (Å²) in [5, 5.41) is 2.88. The van der Waals surface area contributed by atoms with E-state index in [1.54, 1.807) is 17.4 Å². The van der Waals surface area contributed by atoms with Crippen LogP contribution in [0.3, 0.4) is 0 Å². The van der Waals surface area contributed by atoms with Gasteiger partial charge in [-0.2, -0.15) is 0 Å². The van der Waals surface area contributed by atoms with E-state index in [4.69, 9.17) is 4.74 Å². The summed E-state index contributed by atoms with van der Waals surface area (Å²) in [5.74, 6) is 0.497. The zero-order valence-corrected chi connectivity index (χ0v) is 13.4. The quantitative estimate of drug-likeness (QED) is 0.775. The summed E-state index contributed by atoms with van der Waals surface area (Å²) in [5.41, 5.74) is 0.724. The van der Waals surface area contributed by atoms with Gasteiger partial charge in [-0.1, -0.05) is 12.1 Å². The molecule has 1 N–H and O–H groups in total. The summed E-state index contributed by atoms with van der Waals surface area (Å²) in [4.78, 5) is 29.6. The lowest BCUT2D eigenvalue weighted by atomic mass is 10.2. The van der Waals surface area contributed by atoms with Crippen molar-refractivity contribution >= 4 is 17.5 Å². The number of benzene rings is 1. The molecule has 7 heteroatoms. The highest BCUT2D eigenvalue weighted by Gasteiger charge is 2.25. The van der Waals surface area contributed by atoms with Crippen LogP contribution in [0.25, 0.3) is 0 Å². The molecule has 0 aliphatic carbocycles. The van der Waals surface area contributed by atoms with Crippen LogP contribution in [-0.4, -0.2) is 41.1 Å². The molecule has 24 heavy (non-hydrogen) atoms. The minimum Gasteiger partial charge on any atom is -0.482 e. The third-order valence-electron chi connectivity index (χ3n) is 3.85. The Morgan fingerprint density at radius 3 is 3.00 bits per heavy atom. The Morgan fingerprint density at radius 1 is 1.29 bits per heavy atom. The molecule has 0 saturated carbocycles. The van der Waals surface area contributed by atoms with Gasteiger partial charge in [0.25, 0.3) is 5.91 Å². The molecule has 0 spiro atoms. The van der Waals surface area contributed by atoms with Crippen molar-refractivity contribution in [2.45, 2.75) is 19.4 Å². The molecular formula is C17H20N4O3. The number of imidazole rings is 1. The summed E-state index contributed by atoms with van der Waals surface area (Å²) in [6.07, 6.45) is 6.48. The average molecular weight is 328 g/mol. The van der Waals surface area contributed by atoms with E-state index in [-0.39, 0.29) is 24.8 Å². The molecule has 1 aromatic heterocycles. The van der Waals surface area contributed by atoms with Crippen molar-refractivity contribution in [2.75, 3.05) is 24.6 Å². The Morgan fingerprint density at radius 2 is 2.17 bits per heavy atom. The fraction of sp³-hybridized carbons (Fsp3) is 0.353. The number of para-hydroxylation sites is 2. The normalized spacial score (nSPS) is 13.3. The number of aryl methyl sites for hydroxylation is 1. The summed E-state index contributed by atoms with van der Waals surface area (Å²) >= 11 is 0. The lowest BCUT2D eigenvalue weighted by molar-refractivity contribution is -0.122. The van der Waals surface area contributed by atoms with Crippen LogP contribution in [0.4, 0.5) is 5.69 Å². The molecule has 0 saturated heterocycles. The van der Waals surface area contributed by atoms with E-state index in [0.717, 1.165) is 18.7 Å². The van der Waals surface area contributed by atoms with Crippen molar-refractivity contribution in [3.05, 3.63) is 43.0 Å². The summed E-state index contributed by atoms with van der Waals surface area (Å²) in [6, 6.07) is 7.37. The standard InChI is InChI=1S/C17H20N4O3/c22-16(19-7-3-9-20-11-8-18-13-20)6-10-21-14-4-1-2-5-15(14)24-12-17(21)23/h1-2,4-5,8,11,13H,3,6-7,9-10,12H2,(H,19,22). The van der Waals surface area contributed by atoms with Crippen molar-refractivity contribution in [3.63, 3.8) is 0 Å². The van der Waals surface area contributed by atoms with Gasteiger partial charge in [0, 0.05) is 38.4 Å². The van der Waals surface area contributed by atoms with Gasteiger partial charge in [0.15, 0.2) is 6.61 Å². The Labute approximate surface area is 140 Å². The monoisotopic (exact) mass is 328 g/mol. The first kappa shape index (κ1) is 16.0. The lowest BCUT2D eigenvalue weighted by Gasteiger charge is -2.29. The fourth-order valence-corrected chi connectivity index (χ4v) is 2.61. The molecule has 0 atom stereocenters. The van der Waals surface area contributed by atoms with Crippen molar-refractivity contribution in [2.24, 2.45) is 0 Å². The molecule has 1 aliphatic heterocycles. The highest BCUT2D eigenvalue weighted by atomic mass is 16.5. The van der Waals surface area contributed by atoms with Gasteiger partial charge < -0.3 is 19.5 Å². The van der Waals surface area contributed by atoms with E-state index in [2.05, 4.69) is 10.3 Å². The molecule has 1 aromatic carbocycles. The highest BCUT2D eigenvalue weighted by molar-refractivity contribution is 5.98. The molecule has 2 heterocycles. The van der Waals surface area contributed by atoms with E-state index in [0.29, 0.717) is 18.8 Å². The van der Waals surface area contributed by atoms with Crippen LogP contribution < -0.4 is 15.0 Å². The molecule has 0 radical (unpaired) electrons. The second kappa shape index (κ2) is 7.63. The Balaban J connectivity index is 1.43. The van der Waals surface area contributed by atoms with Crippen molar-refractivity contribution in [3.8, 4) is 5.75 Å². The van der Waals surface area contributed by atoms with Gasteiger partial charge in [0.1, 0.15) is 5.75 Å². The average Bonchev–Trinajstić information content (AvgIpc) is 3.11. The molecule has 0 bridgehead atoms. The number of amides is 2. The number of fused-ring (bicyclic) bond motifs is 1. The zero-order chi connectivity index (χ0) is 16.8. The molecule has 0 unspecified atom stereocenters. The molecule has 7 nitrogen and oxygen atoms in total. The van der Waals surface area contributed by atoms with Crippen LogP contribution in [-0.2, 0) is 16.1 Å². The van der Waals surface area contributed by atoms with Gasteiger partial charge in [-0.25, -0.2) is 4.98 Å². The number of carbonyl (C=O) groups excluding carboxylic acids is 2. The molecule has 3 rings (SSSR count). The Bertz CT molecular complexity index is 700. The van der Waals surface area contributed by atoms with Crippen molar-refractivity contribution < 1.29 is 14.3 Å². The first-order chi connectivity index (χ1) is 11.7. The van der Waals surface area contributed by atoms with Gasteiger partial charge in [-0.15, -0.1) is 0 Å². The van der Waals surface area contributed by atoms with E-state index >= 15 is 0 Å². The van der Waals surface area contributed by atoms with Crippen LogP contribution in [0, 0.1) is 0 Å². The maximum atomic E-state index is 12.0. The topological polar surface area (TPSA) is 76.5 Å². The molecular weight excluding hydrogens is 308 g/mol. The van der Waals surface area contributed by atoms with Crippen molar-refractivity contribution in [1.82, 2.24) is 14.9 Å². The predicted octanol–water partition coefficient (Wildman–Crippen LogP) is 1.21. The van der Waals surface area contributed by atoms with Crippen LogP contribution in [0.2, 0.25) is 0 Å². The zero-order valence-electron chi connectivity index (χ0n) is 13.4. The van der Waals surface area contributed by atoms with E-state index in [9.17, 15) is 9.59 Å². The fourth-order valence-electron chi connectivity index (χ4n) is 2.61. The minimum absolute atomic E-state index is 0.0174. The largest absolute Gasteiger partial charge is 0.482 e. The highest BCUT2D eigenvalue weighted by Crippen LogP contribution is 2.31. The van der Waals surface area contributed by atoms with Gasteiger partial charge in [0.2, 0.25) is 5.91 Å². The van der Waals surface area contributed by atoms with Crippen LogP contribution in [0.15, 0.2) is 43.0 Å². The third kappa shape index (κ3) is 3.92. The smallest absolute Gasteiger partial charge is 0.265 e. The van der Waals surface area contributed by atoms with Gasteiger partial charge in [-0.3, -0.25) is 9.59 Å². The number of nitrogens with zero attached hydrogens (tertiary/aromatic N) is 3. The van der Waals surface area contributed by atoms with Crippen LogP contribution in [0.5, 0.6) is 5.75 Å². The number of ether oxygens (including phenoxy) is 1. The lowest BCUT2D eigenvalue weighted by Crippen LogP contribution is -2.41. The summed E-state index contributed by atoms with van der Waals surface area (Å²) < 4.78 is 7.36. The predicted molar refractivity (Wildman–Crippen MR) is 88.8 cm³/mol. The van der Waals surface area contributed by atoms with E-state index < -0.39 is 0 Å². The van der Waals surface area contributed by atoms with Crippen LogP contribution in [0.1, 0.15) is 12.8 Å². The molecule has 2 amide bonds. The molecule has 0 fully saturated rings. The maximum Gasteiger partial charge on any atom is 0.265 e. The van der Waals surface area contributed by atoms with Gasteiger partial charge >= 0.3 is 0 Å². The van der Waals surface area contributed by atoms with Gasteiger partial charge in [-0.05, 0) is 18.6 Å². The van der Waals surface area contributed by atoms with Crippen LogP contribution >= 0.6 is 0 Å². The third-order valence-corrected chi connectivity index (χ3v) is 3.85. The Kier molecular flexibility index (Phi) is 5.10. The second-order valence-corrected chi connectivity index (χ2v) is 5.56. The number of hydrogen-bond acceptors (Lipinski definition) is 4. The molecule has 1 aliphatic rings. The number of anilines is 1. The first-order valence-electron chi connectivity index (χ1n) is 7.98. The number of nitrogens with one attached hydrogen (secondary N) is 1. The summed E-state index contributed by atoms with van der Waals surface area (Å²) in [6.45, 7) is 1.79. The second-order valence-electron chi connectivity index (χ2n) is 5.56. The minimum atomic E-state index is -0.124. The Hall–Kier alpha value is -2.83. The van der Waals surface area contributed by atoms with Crippen molar-refractivity contribution in [1.29, 1.82) is 0 Å². The van der Waals surface area contributed by atoms with E-state index in [1.165, 1.54) is 0 Å². The molecule has 126 valence electrons. The number of aromatic nitrogens is 2. The SMILES string of the molecule is O=C(CCN1C(=O)COc2ccccc21)NCCCn1ccnc1. The number of carbonyl (C=O) groups is 2. The summed E-state index contributed by atoms with van der Waals surface area (Å²) in [7, 11) is 0. The van der Waals surface area contributed by atoms with E-state index in [1.807, 2.05) is 35.0 Å². The maximum absolute atomic E-state index is 12.0. The number of rotatable bonds is 7. The number of hydrogen-bond donors (Lipinski definition) is 1. The molecule has 2 aromatic rings.